The molecular weight excluding hydrogens is 432 g/mol. The molecule has 0 N–H and O–H groups in total. The van der Waals surface area contributed by atoms with Gasteiger partial charge < -0.3 is 13.7 Å². The fourth-order valence-corrected chi connectivity index (χ4v) is 4.80. The van der Waals surface area contributed by atoms with E-state index in [4.69, 9.17) is 19.1 Å². The lowest BCUT2D eigenvalue weighted by molar-refractivity contribution is 0.415. The molecular formula is C26H24N4O2S. The number of hydrogen-bond acceptors (Lipinski definition) is 6. The molecule has 0 atom stereocenters. The van der Waals surface area contributed by atoms with Crippen molar-refractivity contribution in [1.82, 2.24) is 19.5 Å². The summed E-state index contributed by atoms with van der Waals surface area (Å²) in [5.41, 5.74) is 6.29. The molecule has 7 heteroatoms. The van der Waals surface area contributed by atoms with E-state index < -0.39 is 0 Å². The molecule has 0 aliphatic heterocycles. The molecule has 0 fully saturated rings. The van der Waals surface area contributed by atoms with Gasteiger partial charge in [0.25, 0.3) is 0 Å². The van der Waals surface area contributed by atoms with Gasteiger partial charge in [-0.2, -0.15) is 0 Å². The Morgan fingerprint density at radius 2 is 1.82 bits per heavy atom. The average molecular weight is 457 g/mol. The first kappa shape index (κ1) is 21.3. The highest BCUT2D eigenvalue weighted by Crippen LogP contribution is 2.30. The van der Waals surface area contributed by atoms with Crippen LogP contribution in [0.2, 0.25) is 0 Å². The second-order valence-corrected chi connectivity index (χ2v) is 8.75. The number of thioether (sulfide) groups is 1. The van der Waals surface area contributed by atoms with Gasteiger partial charge in [-0.3, -0.25) is 4.98 Å². The molecule has 3 heterocycles. The summed E-state index contributed by atoms with van der Waals surface area (Å²) in [5, 5.41) is 0.939. The van der Waals surface area contributed by atoms with Crippen LogP contribution in [0.25, 0.3) is 22.5 Å². The number of aromatic nitrogens is 4. The maximum atomic E-state index is 6.01. The first-order valence-electron chi connectivity index (χ1n) is 10.7. The predicted octanol–water partition coefficient (Wildman–Crippen LogP) is 6.05. The smallest absolute Gasteiger partial charge is 0.226 e. The Hall–Kier alpha value is -3.58. The molecule has 33 heavy (non-hydrogen) atoms. The standard InChI is InChI=1S/C26H24N4O2S/c1-17-6-4-5-7-20(17)16-33-26-29-22-12-13-27-14-24(22)30(26)15-23-18(2)32-25(28-23)19-8-10-21(31-3)11-9-19/h4-14H,15-16H2,1-3H3. The summed E-state index contributed by atoms with van der Waals surface area (Å²) in [6.45, 7) is 4.65. The van der Waals surface area contributed by atoms with Crippen molar-refractivity contribution in [3.05, 3.63) is 89.6 Å². The van der Waals surface area contributed by atoms with Gasteiger partial charge in [-0.1, -0.05) is 36.0 Å². The molecule has 0 saturated heterocycles. The van der Waals surface area contributed by atoms with E-state index in [9.17, 15) is 0 Å². The minimum absolute atomic E-state index is 0.559. The molecule has 166 valence electrons. The van der Waals surface area contributed by atoms with Crippen molar-refractivity contribution in [2.24, 2.45) is 0 Å². The first-order chi connectivity index (χ1) is 16.1. The number of imidazole rings is 1. The molecule has 3 aromatic heterocycles. The van der Waals surface area contributed by atoms with Crippen molar-refractivity contribution < 1.29 is 9.15 Å². The van der Waals surface area contributed by atoms with Crippen molar-refractivity contribution in [2.75, 3.05) is 7.11 Å². The lowest BCUT2D eigenvalue weighted by Gasteiger charge is -2.09. The van der Waals surface area contributed by atoms with Crippen LogP contribution in [-0.4, -0.2) is 26.6 Å². The molecule has 0 saturated carbocycles. The molecule has 0 radical (unpaired) electrons. The van der Waals surface area contributed by atoms with Crippen molar-refractivity contribution in [3.63, 3.8) is 0 Å². The van der Waals surface area contributed by atoms with Crippen LogP contribution >= 0.6 is 11.8 Å². The number of oxazole rings is 1. The van der Waals surface area contributed by atoms with Crippen LogP contribution in [-0.2, 0) is 12.3 Å². The van der Waals surface area contributed by atoms with Gasteiger partial charge in [0.05, 0.1) is 30.9 Å². The SMILES string of the molecule is COc1ccc(-c2nc(Cn3c(SCc4ccccc4C)nc4ccncc43)c(C)o2)cc1. The summed E-state index contributed by atoms with van der Waals surface area (Å²) in [6.07, 6.45) is 3.64. The number of nitrogens with zero attached hydrogens (tertiary/aromatic N) is 4. The van der Waals surface area contributed by atoms with Crippen LogP contribution < -0.4 is 4.74 Å². The summed E-state index contributed by atoms with van der Waals surface area (Å²) in [4.78, 5) is 14.0. The van der Waals surface area contributed by atoms with Gasteiger partial charge in [0, 0.05) is 17.5 Å². The van der Waals surface area contributed by atoms with E-state index in [0.717, 1.165) is 44.7 Å². The fraction of sp³-hybridized carbons (Fsp3) is 0.192. The molecule has 2 aromatic carbocycles. The summed E-state index contributed by atoms with van der Waals surface area (Å²) in [5.74, 6) is 3.04. The van der Waals surface area contributed by atoms with Crippen LogP contribution in [0.4, 0.5) is 0 Å². The molecule has 0 bridgehead atoms. The number of aryl methyl sites for hydroxylation is 2. The van der Waals surface area contributed by atoms with Crippen molar-refractivity contribution in [3.8, 4) is 17.2 Å². The molecule has 5 rings (SSSR count). The Morgan fingerprint density at radius 3 is 2.61 bits per heavy atom. The molecule has 0 aliphatic rings. The van der Waals surface area contributed by atoms with Crippen LogP contribution in [0, 0.1) is 13.8 Å². The Morgan fingerprint density at radius 1 is 1.00 bits per heavy atom. The van der Waals surface area contributed by atoms with E-state index in [1.54, 1.807) is 25.1 Å². The van der Waals surface area contributed by atoms with Gasteiger partial charge in [-0.15, -0.1) is 0 Å². The Balaban J connectivity index is 1.46. The highest BCUT2D eigenvalue weighted by molar-refractivity contribution is 7.98. The van der Waals surface area contributed by atoms with Gasteiger partial charge in [0.1, 0.15) is 17.2 Å². The van der Waals surface area contributed by atoms with Crippen molar-refractivity contribution in [1.29, 1.82) is 0 Å². The zero-order chi connectivity index (χ0) is 22.8. The largest absolute Gasteiger partial charge is 0.497 e. The third-order valence-electron chi connectivity index (χ3n) is 5.67. The van der Waals surface area contributed by atoms with E-state index >= 15 is 0 Å². The van der Waals surface area contributed by atoms with Gasteiger partial charge in [0.2, 0.25) is 5.89 Å². The molecule has 6 nitrogen and oxygen atoms in total. The Kier molecular flexibility index (Phi) is 5.88. The number of methoxy groups -OCH3 is 1. The number of fused-ring (bicyclic) bond motifs is 1. The van der Waals surface area contributed by atoms with E-state index in [2.05, 4.69) is 40.7 Å². The van der Waals surface area contributed by atoms with E-state index in [-0.39, 0.29) is 0 Å². The van der Waals surface area contributed by atoms with Crippen LogP contribution in [0.3, 0.4) is 0 Å². The number of hydrogen-bond donors (Lipinski definition) is 0. The predicted molar refractivity (Wildman–Crippen MR) is 131 cm³/mol. The third-order valence-corrected chi connectivity index (χ3v) is 6.70. The third kappa shape index (κ3) is 4.36. The summed E-state index contributed by atoms with van der Waals surface area (Å²) in [6, 6.07) is 18.1. The highest BCUT2D eigenvalue weighted by atomic mass is 32.2. The van der Waals surface area contributed by atoms with Crippen LogP contribution in [0.15, 0.2) is 76.6 Å². The molecule has 0 aliphatic carbocycles. The number of benzene rings is 2. The topological polar surface area (TPSA) is 66.0 Å². The minimum atomic E-state index is 0.559. The van der Waals surface area contributed by atoms with Gasteiger partial charge in [-0.05, 0) is 55.3 Å². The summed E-state index contributed by atoms with van der Waals surface area (Å²) >= 11 is 1.72. The zero-order valence-corrected chi connectivity index (χ0v) is 19.6. The molecule has 0 unspecified atom stereocenters. The Labute approximate surface area is 196 Å². The quantitative estimate of drug-likeness (QED) is 0.278. The molecule has 5 aromatic rings. The maximum Gasteiger partial charge on any atom is 0.226 e. The summed E-state index contributed by atoms with van der Waals surface area (Å²) < 4.78 is 13.4. The van der Waals surface area contributed by atoms with E-state index in [1.807, 2.05) is 43.5 Å². The van der Waals surface area contributed by atoms with E-state index in [0.29, 0.717) is 12.4 Å². The highest BCUT2D eigenvalue weighted by Gasteiger charge is 2.17. The normalized spacial score (nSPS) is 11.2. The van der Waals surface area contributed by atoms with Crippen LogP contribution in [0.5, 0.6) is 5.75 Å². The average Bonchev–Trinajstić information content (AvgIpc) is 3.39. The summed E-state index contributed by atoms with van der Waals surface area (Å²) in [7, 11) is 1.65. The molecule has 0 amide bonds. The zero-order valence-electron chi connectivity index (χ0n) is 18.8. The Bertz CT molecular complexity index is 1410. The second kappa shape index (κ2) is 9.11. The lowest BCUT2D eigenvalue weighted by atomic mass is 10.1. The van der Waals surface area contributed by atoms with Gasteiger partial charge >= 0.3 is 0 Å². The fourth-order valence-electron chi connectivity index (χ4n) is 3.71. The van der Waals surface area contributed by atoms with Gasteiger partial charge in [-0.25, -0.2) is 9.97 Å². The molecule has 0 spiro atoms. The minimum Gasteiger partial charge on any atom is -0.497 e. The second-order valence-electron chi connectivity index (χ2n) is 7.81. The van der Waals surface area contributed by atoms with Crippen molar-refractivity contribution >= 4 is 22.8 Å². The monoisotopic (exact) mass is 456 g/mol. The van der Waals surface area contributed by atoms with E-state index in [1.165, 1.54) is 11.1 Å². The lowest BCUT2D eigenvalue weighted by Crippen LogP contribution is -2.03. The number of rotatable bonds is 7. The maximum absolute atomic E-state index is 6.01. The number of ether oxygens (including phenoxy) is 1. The van der Waals surface area contributed by atoms with Crippen LogP contribution in [0.1, 0.15) is 22.6 Å². The number of pyridine rings is 1. The van der Waals surface area contributed by atoms with Crippen molar-refractivity contribution in [2.45, 2.75) is 31.3 Å². The first-order valence-corrected chi connectivity index (χ1v) is 11.7. The van der Waals surface area contributed by atoms with Gasteiger partial charge in [0.15, 0.2) is 5.16 Å².